The summed E-state index contributed by atoms with van der Waals surface area (Å²) in [6.45, 7) is 12.0. The van der Waals surface area contributed by atoms with E-state index in [2.05, 4.69) is 60.4 Å². The van der Waals surface area contributed by atoms with E-state index in [0.29, 0.717) is 54.3 Å². The third-order valence-electron chi connectivity index (χ3n) is 7.05. The Kier molecular flexibility index (Phi) is 9.40. The third kappa shape index (κ3) is 7.31. The van der Waals surface area contributed by atoms with E-state index in [4.69, 9.17) is 27.3 Å². The minimum atomic E-state index is 0.103. The molecule has 216 valence electrons. The molecule has 1 aromatic carbocycles. The van der Waals surface area contributed by atoms with E-state index in [1.807, 2.05) is 16.8 Å². The van der Waals surface area contributed by atoms with Crippen LogP contribution in [0.15, 0.2) is 60.2 Å². The molecule has 10 nitrogen and oxygen atoms in total. The fourth-order valence-corrected chi connectivity index (χ4v) is 4.79. The van der Waals surface area contributed by atoms with Crippen LogP contribution in [-0.4, -0.2) is 55.9 Å². The Morgan fingerprint density at radius 2 is 1.80 bits per heavy atom. The zero-order valence-electron chi connectivity index (χ0n) is 24.4. The zero-order chi connectivity index (χ0) is 29.5. The number of anilines is 1. The highest BCUT2D eigenvalue weighted by molar-refractivity contribution is 5.70. The van der Waals surface area contributed by atoms with Crippen molar-refractivity contribution in [2.45, 2.75) is 52.5 Å². The van der Waals surface area contributed by atoms with Gasteiger partial charge in [0.25, 0.3) is 0 Å². The molecule has 41 heavy (non-hydrogen) atoms. The molecule has 0 unspecified atom stereocenters. The van der Waals surface area contributed by atoms with Gasteiger partial charge in [0, 0.05) is 49.3 Å². The summed E-state index contributed by atoms with van der Waals surface area (Å²) in [5.74, 6) is 8.64. The lowest BCUT2D eigenvalue weighted by Crippen LogP contribution is -2.33. The maximum atomic E-state index is 10.2. The lowest BCUT2D eigenvalue weighted by atomic mass is 10.1. The predicted octanol–water partition coefficient (Wildman–Crippen LogP) is 3.28. The van der Waals surface area contributed by atoms with E-state index >= 15 is 0 Å². The molecule has 10 heteroatoms. The molecule has 1 saturated heterocycles. The smallest absolute Gasteiger partial charge is 0.206 e. The second-order valence-corrected chi connectivity index (χ2v) is 10.8. The van der Waals surface area contributed by atoms with Gasteiger partial charge in [-0.1, -0.05) is 45.7 Å². The number of nitrogens with two attached hydrogens (primary N) is 3. The number of rotatable bonds is 7. The van der Waals surface area contributed by atoms with E-state index in [0.717, 1.165) is 31.0 Å². The third-order valence-corrected chi connectivity index (χ3v) is 7.05. The Labute approximate surface area is 242 Å². The Morgan fingerprint density at radius 1 is 1.02 bits per heavy atom. The molecule has 1 aliphatic rings. The fraction of sp³-hybridized carbons (Fsp3) is 0.387. The molecule has 0 spiro atoms. The molecular formula is C31H41N9O. The Morgan fingerprint density at radius 3 is 2.51 bits per heavy atom. The number of hydrogen-bond acceptors (Lipinski definition) is 9. The van der Waals surface area contributed by atoms with Gasteiger partial charge in [0.2, 0.25) is 5.82 Å². The lowest BCUT2D eigenvalue weighted by Gasteiger charge is -2.26. The van der Waals surface area contributed by atoms with Crippen LogP contribution in [0.3, 0.4) is 0 Å². The van der Waals surface area contributed by atoms with E-state index in [-0.39, 0.29) is 11.6 Å². The predicted molar refractivity (Wildman–Crippen MR) is 163 cm³/mol. The highest BCUT2D eigenvalue weighted by atomic mass is 16.3. The minimum absolute atomic E-state index is 0.103. The van der Waals surface area contributed by atoms with Crippen molar-refractivity contribution < 1.29 is 5.11 Å². The fourth-order valence-electron chi connectivity index (χ4n) is 4.79. The van der Waals surface area contributed by atoms with Gasteiger partial charge in [0.05, 0.1) is 11.4 Å². The van der Waals surface area contributed by atoms with Crippen LogP contribution in [-0.2, 0) is 6.54 Å². The number of phenolic OH excluding ortho intramolecular Hbond substituents is 1. The first-order valence-corrected chi connectivity index (χ1v) is 14.0. The average Bonchev–Trinajstić information content (AvgIpc) is 3.23. The summed E-state index contributed by atoms with van der Waals surface area (Å²) >= 11 is 0. The summed E-state index contributed by atoms with van der Waals surface area (Å²) in [5, 5.41) is 14.9. The normalized spacial score (nSPS) is 14.1. The summed E-state index contributed by atoms with van der Waals surface area (Å²) in [6.07, 6.45) is 4.34. The van der Waals surface area contributed by atoms with Crippen molar-refractivity contribution in [1.29, 1.82) is 0 Å². The first kappa shape index (κ1) is 29.3. The van der Waals surface area contributed by atoms with Crippen LogP contribution in [0.5, 0.6) is 5.75 Å². The van der Waals surface area contributed by atoms with Crippen molar-refractivity contribution >= 4 is 11.5 Å². The van der Waals surface area contributed by atoms with Gasteiger partial charge in [0.15, 0.2) is 0 Å². The van der Waals surface area contributed by atoms with Crippen LogP contribution in [0.2, 0.25) is 0 Å². The number of allylic oxidation sites excluding steroid dienone is 1. The quantitative estimate of drug-likeness (QED) is 0.255. The van der Waals surface area contributed by atoms with Crippen LogP contribution in [0.1, 0.15) is 68.7 Å². The molecule has 3 aromatic rings. The Bertz CT molecular complexity index is 1470. The first-order valence-electron chi connectivity index (χ1n) is 14.0. The first-order chi connectivity index (χ1) is 19.6. The monoisotopic (exact) mass is 555 g/mol. The molecule has 1 fully saturated rings. The maximum absolute atomic E-state index is 10.2. The topological polar surface area (TPSA) is 148 Å². The van der Waals surface area contributed by atoms with Crippen LogP contribution in [0.4, 0.5) is 5.82 Å². The van der Waals surface area contributed by atoms with Crippen LogP contribution < -0.4 is 22.1 Å². The molecule has 0 radical (unpaired) electrons. The molecule has 1 aliphatic heterocycles. The van der Waals surface area contributed by atoms with Gasteiger partial charge < -0.3 is 32.1 Å². The number of phenols is 1. The van der Waals surface area contributed by atoms with Gasteiger partial charge >= 0.3 is 0 Å². The van der Waals surface area contributed by atoms with Gasteiger partial charge in [-0.3, -0.25) is 4.68 Å². The highest BCUT2D eigenvalue weighted by Crippen LogP contribution is 2.24. The van der Waals surface area contributed by atoms with E-state index < -0.39 is 0 Å². The molecule has 0 bridgehead atoms. The molecular weight excluding hydrogens is 514 g/mol. The van der Waals surface area contributed by atoms with Crippen LogP contribution >= 0.6 is 0 Å². The SMILES string of the molecule is CC(C)c1cc(C(C)C)n(CC#Cc2nccc(N3CCCN(C(/C=C(\N)c4ccccc4O)=C(N)N)CC3)n2)n1. The summed E-state index contributed by atoms with van der Waals surface area (Å²) in [5.41, 5.74) is 22.3. The number of benzene rings is 1. The largest absolute Gasteiger partial charge is 0.507 e. The second-order valence-electron chi connectivity index (χ2n) is 10.8. The summed E-state index contributed by atoms with van der Waals surface area (Å²) in [7, 11) is 0. The average molecular weight is 556 g/mol. The number of nitrogens with zero attached hydrogens (tertiary/aromatic N) is 6. The van der Waals surface area contributed by atoms with Gasteiger partial charge in [-0.25, -0.2) is 9.97 Å². The minimum Gasteiger partial charge on any atom is -0.507 e. The zero-order valence-corrected chi connectivity index (χ0v) is 24.4. The van der Waals surface area contributed by atoms with Gasteiger partial charge in [0.1, 0.15) is 23.9 Å². The summed E-state index contributed by atoms with van der Waals surface area (Å²) < 4.78 is 1.98. The van der Waals surface area contributed by atoms with Crippen molar-refractivity contribution in [3.63, 3.8) is 0 Å². The second kappa shape index (κ2) is 13.1. The van der Waals surface area contributed by atoms with Crippen molar-refractivity contribution in [3.05, 3.63) is 83.0 Å². The lowest BCUT2D eigenvalue weighted by molar-refractivity contribution is 0.375. The molecule has 7 N–H and O–H groups in total. The van der Waals surface area contributed by atoms with Gasteiger partial charge in [-0.05, 0) is 54.5 Å². The molecule has 4 rings (SSSR count). The number of para-hydroxylation sites is 1. The van der Waals surface area contributed by atoms with Gasteiger partial charge in [-0.15, -0.1) is 0 Å². The van der Waals surface area contributed by atoms with E-state index in [1.54, 1.807) is 30.5 Å². The number of aromatic nitrogens is 4. The van der Waals surface area contributed by atoms with Crippen molar-refractivity contribution in [3.8, 4) is 17.6 Å². The molecule has 0 atom stereocenters. The van der Waals surface area contributed by atoms with Crippen LogP contribution in [0, 0.1) is 11.8 Å². The standard InChI is InChI=1S/C31H41N9O/c1-21(2)25-20-26(22(3)4)40(37-25)16-7-11-29-35-13-12-30(36-29)39-15-8-14-38(17-18-39)27(31(33)34)19-24(32)23-9-5-6-10-28(23)41/h5-6,9-10,12-13,19-22,41H,8,14-18,32-34H2,1-4H3/b24-19-. The van der Waals surface area contributed by atoms with Gasteiger partial charge in [-0.2, -0.15) is 5.10 Å². The van der Waals surface area contributed by atoms with Crippen molar-refractivity contribution in [1.82, 2.24) is 24.6 Å². The summed E-state index contributed by atoms with van der Waals surface area (Å²) in [6, 6.07) is 11.0. The maximum Gasteiger partial charge on any atom is 0.206 e. The molecule has 0 saturated carbocycles. The molecule has 2 aromatic heterocycles. The molecule has 3 heterocycles. The van der Waals surface area contributed by atoms with E-state index in [9.17, 15) is 5.11 Å². The number of hydrogen-bond donors (Lipinski definition) is 4. The van der Waals surface area contributed by atoms with E-state index in [1.165, 1.54) is 5.69 Å². The Hall–Kier alpha value is -4.65. The van der Waals surface area contributed by atoms with Crippen LogP contribution in [0.25, 0.3) is 5.70 Å². The molecule has 0 amide bonds. The van der Waals surface area contributed by atoms with Crippen molar-refractivity contribution in [2.24, 2.45) is 17.2 Å². The summed E-state index contributed by atoms with van der Waals surface area (Å²) in [4.78, 5) is 13.4. The molecule has 0 aliphatic carbocycles. The highest BCUT2D eigenvalue weighted by Gasteiger charge is 2.20. The Balaban J connectivity index is 1.46. The van der Waals surface area contributed by atoms with Crippen molar-refractivity contribution in [2.75, 3.05) is 31.1 Å². The number of aromatic hydroxyl groups is 1.